The zero-order valence-corrected chi connectivity index (χ0v) is 14.6. The number of rotatable bonds is 5. The van der Waals surface area contributed by atoms with Crippen LogP contribution in [0.25, 0.3) is 0 Å². The summed E-state index contributed by atoms with van der Waals surface area (Å²) < 4.78 is 5.14. The van der Waals surface area contributed by atoms with Crippen molar-refractivity contribution in [3.8, 4) is 5.75 Å². The van der Waals surface area contributed by atoms with Crippen LogP contribution in [0.1, 0.15) is 22.8 Å². The van der Waals surface area contributed by atoms with Gasteiger partial charge in [0.25, 0.3) is 11.6 Å². The Bertz CT molecular complexity index is 806. The van der Waals surface area contributed by atoms with E-state index < -0.39 is 4.92 Å². The molecule has 0 spiro atoms. The normalized spacial score (nSPS) is 10.0. The summed E-state index contributed by atoms with van der Waals surface area (Å²) in [5.41, 5.74) is 1.77. The van der Waals surface area contributed by atoms with Gasteiger partial charge >= 0.3 is 0 Å². The molecule has 0 heterocycles. The maximum atomic E-state index is 12.2. The zero-order valence-electron chi connectivity index (χ0n) is 13.7. The third-order valence-corrected chi connectivity index (χ3v) is 3.70. The molecule has 2 aromatic carbocycles. The fraction of sp³-hybridized carbons (Fsp3) is 0.176. The van der Waals surface area contributed by atoms with Gasteiger partial charge < -0.3 is 10.1 Å². The lowest BCUT2D eigenvalue weighted by molar-refractivity contribution is -0.384. The Morgan fingerprint density at radius 2 is 1.92 bits per heavy atom. The van der Waals surface area contributed by atoms with Gasteiger partial charge in [-0.1, -0.05) is 19.1 Å². The predicted molar refractivity (Wildman–Crippen MR) is 99.2 cm³/mol. The van der Waals surface area contributed by atoms with Crippen molar-refractivity contribution in [2.24, 2.45) is 0 Å². The van der Waals surface area contributed by atoms with Crippen molar-refractivity contribution >= 4 is 34.6 Å². The van der Waals surface area contributed by atoms with E-state index in [1.165, 1.54) is 25.3 Å². The fourth-order valence-electron chi connectivity index (χ4n) is 2.13. The number of methoxy groups -OCH3 is 1. The third kappa shape index (κ3) is 4.74. The first-order valence-electron chi connectivity index (χ1n) is 7.48. The molecule has 0 fully saturated rings. The number of aryl methyl sites for hydroxylation is 1. The van der Waals surface area contributed by atoms with Crippen molar-refractivity contribution in [3.05, 3.63) is 63.7 Å². The lowest BCUT2D eigenvalue weighted by Crippen LogP contribution is -2.34. The van der Waals surface area contributed by atoms with E-state index >= 15 is 0 Å². The Morgan fingerprint density at radius 3 is 2.48 bits per heavy atom. The van der Waals surface area contributed by atoms with Crippen LogP contribution in [-0.4, -0.2) is 23.1 Å². The first-order valence-corrected chi connectivity index (χ1v) is 7.89. The maximum absolute atomic E-state index is 12.2. The molecule has 0 aliphatic rings. The van der Waals surface area contributed by atoms with Crippen molar-refractivity contribution in [3.63, 3.8) is 0 Å². The quantitative estimate of drug-likeness (QED) is 0.483. The molecule has 2 rings (SSSR count). The van der Waals surface area contributed by atoms with Gasteiger partial charge in [0, 0.05) is 17.7 Å². The summed E-state index contributed by atoms with van der Waals surface area (Å²) in [6, 6.07) is 11.2. The van der Waals surface area contributed by atoms with Crippen LogP contribution in [0, 0.1) is 10.1 Å². The molecule has 0 aliphatic carbocycles. The molecule has 7 nitrogen and oxygen atoms in total. The molecule has 130 valence electrons. The van der Waals surface area contributed by atoms with Crippen LogP contribution in [-0.2, 0) is 6.42 Å². The van der Waals surface area contributed by atoms with E-state index in [0.29, 0.717) is 17.0 Å². The highest BCUT2D eigenvalue weighted by Gasteiger charge is 2.14. The minimum Gasteiger partial charge on any atom is -0.495 e. The number of nitrogens with one attached hydrogen (secondary N) is 2. The summed E-state index contributed by atoms with van der Waals surface area (Å²) in [5, 5.41) is 16.2. The molecule has 2 N–H and O–H groups in total. The van der Waals surface area contributed by atoms with Gasteiger partial charge in [-0.2, -0.15) is 0 Å². The van der Waals surface area contributed by atoms with Crippen molar-refractivity contribution in [1.82, 2.24) is 5.32 Å². The van der Waals surface area contributed by atoms with Gasteiger partial charge in [-0.05, 0) is 42.4 Å². The Hall–Kier alpha value is -3.00. The van der Waals surface area contributed by atoms with Gasteiger partial charge in [-0.25, -0.2) is 0 Å². The monoisotopic (exact) mass is 359 g/mol. The molecule has 0 radical (unpaired) electrons. The summed E-state index contributed by atoms with van der Waals surface area (Å²) in [4.78, 5) is 22.6. The number of amides is 1. The lowest BCUT2D eigenvalue weighted by Gasteiger charge is -2.12. The van der Waals surface area contributed by atoms with Gasteiger partial charge in [0.1, 0.15) is 5.75 Å². The Morgan fingerprint density at radius 1 is 1.24 bits per heavy atom. The van der Waals surface area contributed by atoms with E-state index in [9.17, 15) is 14.9 Å². The standard InChI is InChI=1S/C17H17N3O4S/c1-3-11-4-6-12(7-5-11)16(21)19-17(25)18-14-10-13(20(22)23)8-9-15(14)24-2/h4-10H,3H2,1-2H3,(H2,18,19,21,25). The molecular formula is C17H17N3O4S. The molecule has 0 aliphatic heterocycles. The number of nitro groups is 1. The molecule has 0 atom stereocenters. The van der Waals surface area contributed by atoms with Gasteiger partial charge in [0.05, 0.1) is 17.7 Å². The SMILES string of the molecule is CCc1ccc(C(=O)NC(=S)Nc2cc([N+](=O)[O-])ccc2OC)cc1. The predicted octanol–water partition coefficient (Wildman–Crippen LogP) is 3.29. The topological polar surface area (TPSA) is 93.5 Å². The van der Waals surface area contributed by atoms with Crippen LogP contribution >= 0.6 is 12.2 Å². The van der Waals surface area contributed by atoms with Gasteiger partial charge in [0.2, 0.25) is 0 Å². The highest BCUT2D eigenvalue weighted by Crippen LogP contribution is 2.28. The summed E-state index contributed by atoms with van der Waals surface area (Å²) in [6.45, 7) is 2.03. The van der Waals surface area contributed by atoms with Crippen LogP contribution < -0.4 is 15.4 Å². The number of carbonyl (C=O) groups is 1. The molecule has 0 unspecified atom stereocenters. The smallest absolute Gasteiger partial charge is 0.271 e. The molecule has 1 amide bonds. The molecule has 0 saturated heterocycles. The number of benzene rings is 2. The highest BCUT2D eigenvalue weighted by molar-refractivity contribution is 7.80. The van der Waals surface area contributed by atoms with E-state index in [1.54, 1.807) is 12.1 Å². The molecular weight excluding hydrogens is 342 g/mol. The average molecular weight is 359 g/mol. The number of hydrogen-bond donors (Lipinski definition) is 2. The number of nitrogens with zero attached hydrogens (tertiary/aromatic N) is 1. The van der Waals surface area contributed by atoms with Crippen molar-refractivity contribution in [2.45, 2.75) is 13.3 Å². The second-order valence-electron chi connectivity index (χ2n) is 5.10. The summed E-state index contributed by atoms with van der Waals surface area (Å²) in [7, 11) is 1.43. The van der Waals surface area contributed by atoms with Crippen LogP contribution in [0.3, 0.4) is 0 Å². The van der Waals surface area contributed by atoms with Gasteiger partial charge in [-0.15, -0.1) is 0 Å². The van der Waals surface area contributed by atoms with Crippen molar-refractivity contribution in [1.29, 1.82) is 0 Å². The van der Waals surface area contributed by atoms with E-state index in [4.69, 9.17) is 17.0 Å². The minimum atomic E-state index is -0.526. The Balaban J connectivity index is 2.09. The number of carbonyl (C=O) groups excluding carboxylic acids is 1. The van der Waals surface area contributed by atoms with Crippen LogP contribution in [0.4, 0.5) is 11.4 Å². The molecule has 2 aromatic rings. The molecule has 8 heteroatoms. The molecule has 0 saturated carbocycles. The van der Waals surface area contributed by atoms with E-state index in [2.05, 4.69) is 10.6 Å². The third-order valence-electron chi connectivity index (χ3n) is 3.49. The Kier molecular flexibility index (Phi) is 6.02. The van der Waals surface area contributed by atoms with Gasteiger partial charge in [0.15, 0.2) is 5.11 Å². The molecule has 25 heavy (non-hydrogen) atoms. The van der Waals surface area contributed by atoms with Crippen LogP contribution in [0.5, 0.6) is 5.75 Å². The van der Waals surface area contributed by atoms with Crippen LogP contribution in [0.2, 0.25) is 0 Å². The number of ether oxygens (including phenoxy) is 1. The Labute approximate surface area is 150 Å². The second kappa shape index (κ2) is 8.20. The second-order valence-corrected chi connectivity index (χ2v) is 5.51. The summed E-state index contributed by atoms with van der Waals surface area (Å²) >= 11 is 5.11. The van der Waals surface area contributed by atoms with E-state index in [1.807, 2.05) is 19.1 Å². The fourth-order valence-corrected chi connectivity index (χ4v) is 2.33. The van der Waals surface area contributed by atoms with Gasteiger partial charge in [-0.3, -0.25) is 20.2 Å². The van der Waals surface area contributed by atoms with E-state index in [0.717, 1.165) is 12.0 Å². The number of non-ortho nitro benzene ring substituents is 1. The highest BCUT2D eigenvalue weighted by atomic mass is 32.1. The first kappa shape index (κ1) is 18.3. The maximum Gasteiger partial charge on any atom is 0.271 e. The first-order chi connectivity index (χ1) is 11.9. The lowest BCUT2D eigenvalue weighted by atomic mass is 10.1. The number of anilines is 1. The molecule has 0 bridgehead atoms. The number of hydrogen-bond acceptors (Lipinski definition) is 5. The number of thiocarbonyl (C=S) groups is 1. The average Bonchev–Trinajstić information content (AvgIpc) is 2.61. The van der Waals surface area contributed by atoms with Crippen molar-refractivity contribution in [2.75, 3.05) is 12.4 Å². The largest absolute Gasteiger partial charge is 0.495 e. The minimum absolute atomic E-state index is 0.0170. The summed E-state index contributed by atoms with van der Waals surface area (Å²) in [6.07, 6.45) is 0.883. The van der Waals surface area contributed by atoms with Crippen LogP contribution in [0.15, 0.2) is 42.5 Å². The molecule has 0 aromatic heterocycles. The zero-order chi connectivity index (χ0) is 18.4. The summed E-state index contributed by atoms with van der Waals surface area (Å²) in [5.74, 6) is -0.000881. The van der Waals surface area contributed by atoms with E-state index in [-0.39, 0.29) is 16.7 Å². The number of nitro benzene ring substituents is 1. The van der Waals surface area contributed by atoms with Crippen molar-refractivity contribution < 1.29 is 14.5 Å².